The molecule has 0 heterocycles. The normalized spacial score (nSPS) is 16.0. The summed E-state index contributed by atoms with van der Waals surface area (Å²) in [5.74, 6) is 250. The third-order valence-corrected chi connectivity index (χ3v) is 17.1. The van der Waals surface area contributed by atoms with Crippen LogP contribution in [0.1, 0.15) is 91.2 Å². The van der Waals surface area contributed by atoms with Gasteiger partial charge in [0, 0.05) is 94.1 Å². The molecule has 0 saturated heterocycles. The molecule has 0 bridgehead atoms. The second-order valence-corrected chi connectivity index (χ2v) is 25.0. The Hall–Kier alpha value is -22.2. The second-order valence-electron chi connectivity index (χ2n) is 25.0. The van der Waals surface area contributed by atoms with Gasteiger partial charge in [-0.2, -0.15) is 0 Å². The molecule has 3 saturated carbocycles. The van der Waals surface area contributed by atoms with Crippen LogP contribution in [0.25, 0.3) is 12.2 Å². The van der Waals surface area contributed by atoms with Gasteiger partial charge in [0.1, 0.15) is 0 Å². The molecule has 1 N–H and O–H groups in total. The average Bonchev–Trinajstić information content (AvgIpc) is 0.773. The van der Waals surface area contributed by atoms with Gasteiger partial charge in [0.15, 0.2) is 0 Å². The van der Waals surface area contributed by atoms with Crippen molar-refractivity contribution in [2.75, 3.05) is 7.05 Å². The van der Waals surface area contributed by atoms with Crippen molar-refractivity contribution in [2.45, 2.75) is 86.1 Å². The molecule has 0 amide bonds. The van der Waals surface area contributed by atoms with Gasteiger partial charge in [0.05, 0.1) is 0 Å². The van der Waals surface area contributed by atoms with Crippen LogP contribution in [0, 0.1) is 641 Å². The zero-order valence-electron chi connectivity index (χ0n) is 71.9. The minimum absolute atomic E-state index is 0.0563. The first-order valence-corrected chi connectivity index (χ1v) is 38.8. The fourth-order valence-corrected chi connectivity index (χ4v) is 12.0. The van der Waals surface area contributed by atoms with Gasteiger partial charge >= 0.3 is 0 Å². The highest BCUT2D eigenvalue weighted by Crippen LogP contribution is 2.48. The van der Waals surface area contributed by atoms with Crippen LogP contribution < -0.4 is 15.8 Å². The number of terminal acetylenes is 4. The fourth-order valence-electron chi connectivity index (χ4n) is 12.0. The molecule has 1 aromatic carbocycles. The zero-order chi connectivity index (χ0) is 93.6. The third-order valence-electron chi connectivity index (χ3n) is 17.1. The summed E-state index contributed by atoms with van der Waals surface area (Å²) in [6.07, 6.45) is 30.8. The molecule has 0 aromatic heterocycles. The number of nitrogens with one attached hydrogen (secondary N) is 1. The van der Waals surface area contributed by atoms with Crippen LogP contribution in [0.5, 0.6) is 0 Å². The first kappa shape index (κ1) is 101. The summed E-state index contributed by atoms with van der Waals surface area (Å²) in [5, 5.41) is 4.83. The van der Waals surface area contributed by atoms with Crippen molar-refractivity contribution in [1.82, 2.24) is 5.32 Å². The summed E-state index contributed by atoms with van der Waals surface area (Å²) in [6.45, 7) is 11.2. The molecule has 0 radical (unpaired) electrons. The van der Waals surface area contributed by atoms with Crippen LogP contribution in [0.4, 0.5) is 0 Å². The topological polar surface area (TPSA) is 12.0 Å². The summed E-state index contributed by atoms with van der Waals surface area (Å²) in [6, 6.07) is 3.69. The molecule has 1 heteroatoms. The molecule has 0 aliphatic heterocycles. The summed E-state index contributed by atoms with van der Waals surface area (Å²) >= 11 is 0. The van der Waals surface area contributed by atoms with E-state index in [1.54, 1.807) is 27.7 Å². The van der Waals surface area contributed by atoms with E-state index >= 15 is 0 Å². The smallest absolute Gasteiger partial charge is 0.0487 e. The Bertz CT molecular complexity index is 8380. The lowest BCUT2D eigenvalue weighted by molar-refractivity contribution is 0.0872. The van der Waals surface area contributed by atoms with Gasteiger partial charge in [0.25, 0.3) is 0 Å². The van der Waals surface area contributed by atoms with Gasteiger partial charge in [-0.25, -0.2) is 0 Å². The highest BCUT2D eigenvalue weighted by atomic mass is 14.9. The lowest BCUT2D eigenvalue weighted by Crippen LogP contribution is -2.44. The maximum Gasteiger partial charge on any atom is 0.0487 e. The Balaban J connectivity index is 2.23. The molecule has 4 rings (SSSR count). The van der Waals surface area contributed by atoms with E-state index in [1.807, 2.05) is 19.2 Å². The second kappa shape index (κ2) is 70.8. The molecule has 13 atom stereocenters. The Morgan fingerprint density at radius 3 is 0.794 bits per heavy atom. The van der Waals surface area contributed by atoms with Crippen LogP contribution in [0.3, 0.4) is 0 Å². The van der Waals surface area contributed by atoms with E-state index in [-0.39, 0.29) is 65.2 Å². The molecule has 131 heavy (non-hydrogen) atoms. The van der Waals surface area contributed by atoms with Crippen molar-refractivity contribution < 1.29 is 0 Å². The van der Waals surface area contributed by atoms with Gasteiger partial charge in [-0.3, -0.25) is 0 Å². The van der Waals surface area contributed by atoms with E-state index in [0.29, 0.717) is 53.2 Å². The van der Waals surface area contributed by atoms with Crippen LogP contribution >= 0.6 is 0 Å². The first-order chi connectivity index (χ1) is 64.7. The van der Waals surface area contributed by atoms with Gasteiger partial charge in [-0.1, -0.05) is 103 Å². The van der Waals surface area contributed by atoms with Crippen LogP contribution in [-0.4, -0.2) is 13.1 Å². The molecule has 3 fully saturated rings. The van der Waals surface area contributed by atoms with Gasteiger partial charge < -0.3 is 5.32 Å². The van der Waals surface area contributed by atoms with Crippen LogP contribution in [0.2, 0.25) is 0 Å². The lowest BCUT2D eigenvalue weighted by Gasteiger charge is -2.44. The Morgan fingerprint density at radius 2 is 0.527 bits per heavy atom. The van der Waals surface area contributed by atoms with Gasteiger partial charge in [0.2, 0.25) is 0 Å². The molecule has 3 aliphatic rings. The van der Waals surface area contributed by atoms with Crippen molar-refractivity contribution in [3.8, 4) is 570 Å². The SMILES string of the molecule is C#CC#CC#CC#CC#CC#CC#CC#Cc1c(C#CC#CC#CC#CC#CC#CC#C)/c(=C/C2C(C#CC#CC#CC#CC)CC(CC3CC(C)C(C)C(C#C)C3C#CC#C)CC2C#CC#CC#CC#CC#CC)ccc1=CC1CC(C#CC#CC#CC#CC#CC#CC#CC#CC#CC#CC)C(NC)C(C#CC#CC#CC#CC#CC#CC#CC#CC#CC#CC#CC)C1. The summed E-state index contributed by atoms with van der Waals surface area (Å²) in [4.78, 5) is 0. The highest BCUT2D eigenvalue weighted by Gasteiger charge is 2.43. The van der Waals surface area contributed by atoms with Crippen molar-refractivity contribution in [2.24, 2.45) is 71.0 Å². The third kappa shape index (κ3) is 46.7. The Kier molecular flexibility index (Phi) is 54.7. The van der Waals surface area contributed by atoms with Gasteiger partial charge in [-0.05, 0) is 551 Å². The number of benzene rings is 1. The zero-order valence-corrected chi connectivity index (χ0v) is 71.9. The molecule has 1 aromatic rings. The largest absolute Gasteiger partial charge is 0.315 e. The van der Waals surface area contributed by atoms with Crippen molar-refractivity contribution in [1.29, 1.82) is 0 Å². The highest BCUT2D eigenvalue weighted by molar-refractivity contribution is 5.61. The van der Waals surface area contributed by atoms with Crippen molar-refractivity contribution >= 4 is 12.2 Å². The molecular formula is C130H55N. The summed E-state index contributed by atoms with van der Waals surface area (Å²) in [7, 11) is 1.85. The van der Waals surface area contributed by atoms with E-state index in [0.717, 1.165) is 12.8 Å². The molecule has 580 valence electrons. The van der Waals surface area contributed by atoms with E-state index in [4.69, 9.17) is 25.7 Å². The molecule has 0 spiro atoms. The van der Waals surface area contributed by atoms with E-state index in [2.05, 4.69) is 576 Å². The lowest BCUT2D eigenvalue weighted by atomic mass is 9.59. The quantitative estimate of drug-likeness (QED) is 0.311. The van der Waals surface area contributed by atoms with Crippen LogP contribution in [-0.2, 0) is 0 Å². The molecule has 1 nitrogen and oxygen atoms in total. The molecular weight excluding hydrogens is 1580 g/mol. The van der Waals surface area contributed by atoms with E-state index in [1.165, 1.54) is 0 Å². The minimum Gasteiger partial charge on any atom is -0.315 e. The average molecular weight is 1630 g/mol. The maximum absolute atomic E-state index is 6.36. The minimum atomic E-state index is -0.418. The molecule has 13 unspecified atom stereocenters. The monoisotopic (exact) mass is 1630 g/mol. The maximum atomic E-state index is 6.36. The predicted octanol–water partition coefficient (Wildman–Crippen LogP) is 7.11. The van der Waals surface area contributed by atoms with E-state index < -0.39 is 5.92 Å². The number of rotatable bonds is 5. The number of hydrogen-bond acceptors (Lipinski definition) is 1. The van der Waals surface area contributed by atoms with Gasteiger partial charge in [-0.15, -0.1) is 31.6 Å². The van der Waals surface area contributed by atoms with Crippen LogP contribution in [0.15, 0.2) is 12.1 Å². The Morgan fingerprint density at radius 1 is 0.275 bits per heavy atom. The standard InChI is InChI=1S/C130H55N/c1-12-20-27-33-39-44-48-52-55-57-59-60-62-64-66-68-71-76-82-88-94-100-123-111-117(110-122(130(123)131-11)99-93-87-81-75-70-67-65-63-61-58-56-53-49-45-40-34-28-21-13-2)109-120-104-105-121(127(103-96-90-84-77-72-51-47-42-36-30-23-15-4)126(120)102-95-89-83-78-73-69-54-50-46-41-35-29-22-14-3)113-129-118(97-91-85-79-38-32-25-17-6)107-116(108-119(129)98-92-86-80-74-43-37-31-24-16-5)112-124-106-114(9)115(10)125(19-8)128(124)101-26-18-7/h3-4,7-8,104-105,109,113-119,122-125,128-131H,106-108,110-112H2,1-2,5-6,9-11H3/b120-109?,121-113+. The molecule has 3 aliphatic carbocycles. The number of hydrogen-bond donors (Lipinski definition) is 1. The first-order valence-electron chi connectivity index (χ1n) is 38.8. The Labute approximate surface area is 780 Å². The van der Waals surface area contributed by atoms with Crippen molar-refractivity contribution in [3.05, 3.63) is 33.7 Å². The fraction of sp³-hybridized carbons (Fsp3) is 0.200. The summed E-state index contributed by atoms with van der Waals surface area (Å²) < 4.78 is 0. The van der Waals surface area contributed by atoms with E-state index in [9.17, 15) is 0 Å². The van der Waals surface area contributed by atoms with Crippen molar-refractivity contribution in [3.63, 3.8) is 0 Å². The predicted molar refractivity (Wildman–Crippen MR) is 527 cm³/mol. The summed E-state index contributed by atoms with van der Waals surface area (Å²) in [5.41, 5.74) is 0.957.